The van der Waals surface area contributed by atoms with Crippen LogP contribution in [0, 0.1) is 48.4 Å². The van der Waals surface area contributed by atoms with E-state index in [9.17, 15) is 18.0 Å². The molecule has 238 valence electrons. The van der Waals surface area contributed by atoms with Crippen molar-refractivity contribution >= 4 is 5.78 Å². The van der Waals surface area contributed by atoms with E-state index in [-0.39, 0.29) is 11.7 Å². The maximum Gasteiger partial charge on any atom is 0.416 e. The van der Waals surface area contributed by atoms with Crippen molar-refractivity contribution in [1.29, 1.82) is 0 Å². The van der Waals surface area contributed by atoms with E-state index in [1.807, 2.05) is 12.2 Å². The largest absolute Gasteiger partial charge is 0.416 e. The summed E-state index contributed by atoms with van der Waals surface area (Å²) in [4.78, 5) is 13.6. The van der Waals surface area contributed by atoms with Gasteiger partial charge in [-0.15, -0.1) is 0 Å². The Morgan fingerprint density at radius 2 is 1.42 bits per heavy atom. The molecule has 0 N–H and O–H groups in total. The van der Waals surface area contributed by atoms with Crippen molar-refractivity contribution in [1.82, 2.24) is 0 Å². The lowest BCUT2D eigenvalue weighted by Gasteiger charge is -2.25. The molecule has 0 aromatic heterocycles. The summed E-state index contributed by atoms with van der Waals surface area (Å²) in [7, 11) is 0. The molecule has 45 heavy (non-hydrogen) atoms. The second kappa shape index (κ2) is 15.3. The Hall–Kier alpha value is -3.32. The van der Waals surface area contributed by atoms with E-state index in [1.165, 1.54) is 42.5 Å². The number of halogens is 3. The van der Waals surface area contributed by atoms with Crippen molar-refractivity contribution in [3.05, 3.63) is 106 Å². The van der Waals surface area contributed by atoms with Crippen LogP contribution in [0.1, 0.15) is 93.4 Å². The summed E-state index contributed by atoms with van der Waals surface area (Å²) in [6.07, 6.45) is 16.6. The van der Waals surface area contributed by atoms with Crippen LogP contribution >= 0.6 is 0 Å². The standard InChI is InChI=1S/C41H47F3O/c1-29-9-11-34(12-10-29)27-33-6-4-7-37(23-20-33)30(2)40(45)38-8-3-5-31(19-24-38)13-14-32-15-17-35(18-16-32)28-36-21-25-39(26-22-36)41(42,43)44/h5,8-12,19,21-22,24-26,30,32-33,35,37H,3-4,6-7,15-18,20,23,27-28H2,1-2H3. The fourth-order valence-corrected chi connectivity index (χ4v) is 7.41. The zero-order valence-electron chi connectivity index (χ0n) is 26.8. The topological polar surface area (TPSA) is 17.1 Å². The molecule has 3 atom stereocenters. The van der Waals surface area contributed by atoms with Crippen LogP contribution in [-0.4, -0.2) is 5.78 Å². The normalized spacial score (nSPS) is 24.7. The van der Waals surface area contributed by atoms with Crippen LogP contribution < -0.4 is 0 Å². The summed E-state index contributed by atoms with van der Waals surface area (Å²) < 4.78 is 38.6. The van der Waals surface area contributed by atoms with Crippen molar-refractivity contribution in [3.8, 4) is 11.8 Å². The number of hydrogen-bond donors (Lipinski definition) is 0. The number of rotatable bonds is 7. The van der Waals surface area contributed by atoms with Gasteiger partial charge in [0.2, 0.25) is 0 Å². The Kier molecular flexibility index (Phi) is 11.2. The monoisotopic (exact) mass is 612 g/mol. The molecule has 0 spiro atoms. The number of Topliss-reactive ketones (excluding diaryl/α,β-unsaturated/α-hetero) is 1. The molecule has 0 heterocycles. The molecule has 2 aromatic carbocycles. The van der Waals surface area contributed by atoms with E-state index >= 15 is 0 Å². The third kappa shape index (κ3) is 9.59. The fraction of sp³-hybridized carbons (Fsp3) is 0.488. The van der Waals surface area contributed by atoms with Crippen molar-refractivity contribution in [3.63, 3.8) is 0 Å². The molecule has 2 aromatic rings. The number of ketones is 1. The summed E-state index contributed by atoms with van der Waals surface area (Å²) in [5, 5.41) is 0. The first-order chi connectivity index (χ1) is 21.6. The van der Waals surface area contributed by atoms with Gasteiger partial charge in [-0.25, -0.2) is 0 Å². The number of allylic oxidation sites excluding steroid dienone is 6. The molecule has 3 aliphatic rings. The lowest BCUT2D eigenvalue weighted by Crippen LogP contribution is -2.22. The van der Waals surface area contributed by atoms with E-state index in [2.05, 4.69) is 62.1 Å². The third-order valence-electron chi connectivity index (χ3n) is 10.4. The number of carbonyl (C=O) groups is 1. The highest BCUT2D eigenvalue weighted by Gasteiger charge is 2.30. The Bertz CT molecular complexity index is 1440. The molecule has 0 saturated heterocycles. The van der Waals surface area contributed by atoms with Gasteiger partial charge in [-0.2, -0.15) is 13.2 Å². The molecular weight excluding hydrogens is 565 g/mol. The fourth-order valence-electron chi connectivity index (χ4n) is 7.41. The van der Waals surface area contributed by atoms with Crippen LogP contribution in [0.2, 0.25) is 0 Å². The van der Waals surface area contributed by atoms with Gasteiger partial charge in [-0.05, 0) is 118 Å². The van der Waals surface area contributed by atoms with Gasteiger partial charge in [0, 0.05) is 23.0 Å². The average molecular weight is 613 g/mol. The molecule has 0 aliphatic heterocycles. The van der Waals surface area contributed by atoms with Gasteiger partial charge in [0.1, 0.15) is 0 Å². The summed E-state index contributed by atoms with van der Waals surface area (Å²) >= 11 is 0. The van der Waals surface area contributed by atoms with Gasteiger partial charge in [0.25, 0.3) is 0 Å². The summed E-state index contributed by atoms with van der Waals surface area (Å²) in [6.45, 7) is 4.27. The number of hydrogen-bond acceptors (Lipinski definition) is 1. The van der Waals surface area contributed by atoms with Crippen molar-refractivity contribution in [2.75, 3.05) is 0 Å². The molecular formula is C41H47F3O. The molecule has 5 rings (SSSR count). The Balaban J connectivity index is 1.07. The van der Waals surface area contributed by atoms with Crippen molar-refractivity contribution in [2.24, 2.45) is 29.6 Å². The molecule has 3 unspecified atom stereocenters. The Labute approximate surface area is 268 Å². The van der Waals surface area contributed by atoms with Gasteiger partial charge in [-0.3, -0.25) is 4.79 Å². The average Bonchev–Trinajstić information content (AvgIpc) is 3.42. The lowest BCUT2D eigenvalue weighted by atomic mass is 9.79. The molecule has 0 amide bonds. The quantitative estimate of drug-likeness (QED) is 0.225. The number of aryl methyl sites for hydroxylation is 1. The van der Waals surface area contributed by atoms with Gasteiger partial charge < -0.3 is 0 Å². The Morgan fingerprint density at radius 1 is 0.800 bits per heavy atom. The van der Waals surface area contributed by atoms with Gasteiger partial charge in [-0.1, -0.05) is 91.8 Å². The highest BCUT2D eigenvalue weighted by molar-refractivity contribution is 5.99. The minimum atomic E-state index is -4.29. The summed E-state index contributed by atoms with van der Waals surface area (Å²) in [5.41, 5.74) is 4.91. The van der Waals surface area contributed by atoms with E-state index in [0.29, 0.717) is 30.1 Å². The van der Waals surface area contributed by atoms with Crippen LogP contribution in [0.5, 0.6) is 0 Å². The zero-order valence-corrected chi connectivity index (χ0v) is 26.8. The molecule has 0 radical (unpaired) electrons. The minimum Gasteiger partial charge on any atom is -0.294 e. The summed E-state index contributed by atoms with van der Waals surface area (Å²) in [5.74, 6) is 9.13. The molecule has 4 heteroatoms. The lowest BCUT2D eigenvalue weighted by molar-refractivity contribution is -0.137. The molecule has 2 fully saturated rings. The van der Waals surface area contributed by atoms with Crippen molar-refractivity contribution < 1.29 is 18.0 Å². The van der Waals surface area contributed by atoms with Crippen LogP contribution in [-0.2, 0) is 23.8 Å². The van der Waals surface area contributed by atoms with Crippen molar-refractivity contribution in [2.45, 2.75) is 97.1 Å². The smallest absolute Gasteiger partial charge is 0.294 e. The van der Waals surface area contributed by atoms with Gasteiger partial charge in [0.05, 0.1) is 5.56 Å². The highest BCUT2D eigenvalue weighted by Crippen LogP contribution is 2.36. The summed E-state index contributed by atoms with van der Waals surface area (Å²) in [6, 6.07) is 14.6. The van der Waals surface area contributed by atoms with Crippen LogP contribution in [0.25, 0.3) is 0 Å². The maximum absolute atomic E-state index is 13.6. The van der Waals surface area contributed by atoms with Crippen LogP contribution in [0.15, 0.2) is 84.0 Å². The van der Waals surface area contributed by atoms with E-state index < -0.39 is 11.7 Å². The highest BCUT2D eigenvalue weighted by atomic mass is 19.4. The molecule has 0 bridgehead atoms. The maximum atomic E-state index is 13.6. The first kappa shape index (κ1) is 33.1. The van der Waals surface area contributed by atoms with Crippen LogP contribution in [0.3, 0.4) is 0 Å². The molecule has 3 aliphatic carbocycles. The van der Waals surface area contributed by atoms with Gasteiger partial charge >= 0.3 is 6.18 Å². The number of carbonyl (C=O) groups excluding carboxylic acids is 1. The Morgan fingerprint density at radius 3 is 2.09 bits per heavy atom. The first-order valence-corrected chi connectivity index (χ1v) is 17.0. The number of benzene rings is 2. The van der Waals surface area contributed by atoms with E-state index in [1.54, 1.807) is 12.1 Å². The molecule has 2 saturated carbocycles. The number of alkyl halides is 3. The zero-order chi connectivity index (χ0) is 31.8. The van der Waals surface area contributed by atoms with Gasteiger partial charge in [0.15, 0.2) is 5.78 Å². The predicted molar refractivity (Wildman–Crippen MR) is 177 cm³/mol. The van der Waals surface area contributed by atoms with Crippen LogP contribution in [0.4, 0.5) is 13.2 Å². The predicted octanol–water partition coefficient (Wildman–Crippen LogP) is 10.8. The second-order valence-electron chi connectivity index (χ2n) is 13.8. The molecule has 1 nitrogen and oxygen atoms in total. The second-order valence-corrected chi connectivity index (χ2v) is 13.8. The first-order valence-electron chi connectivity index (χ1n) is 17.0. The third-order valence-corrected chi connectivity index (χ3v) is 10.4. The van der Waals surface area contributed by atoms with E-state index in [0.717, 1.165) is 68.1 Å². The SMILES string of the molecule is Cc1ccc(CC2CCCC(C(C)C(=O)C3=CCC=C(C#CC4CCC(Cc5ccc(C(F)(F)F)cc5)CC4)C=C3)CC2)cc1. The van der Waals surface area contributed by atoms with E-state index in [4.69, 9.17) is 0 Å². The minimum absolute atomic E-state index is 0.0319.